The second-order valence-electron chi connectivity index (χ2n) is 5.60. The molecule has 0 aliphatic carbocycles. The van der Waals surface area contributed by atoms with Crippen LogP contribution in [-0.2, 0) is 6.54 Å². The number of halogens is 1. The zero-order valence-electron chi connectivity index (χ0n) is 12.1. The normalized spacial score (nSPS) is 14.8. The molecule has 102 valence electrons. The van der Waals surface area contributed by atoms with Crippen LogP contribution in [0.15, 0.2) is 24.3 Å². The van der Waals surface area contributed by atoms with E-state index in [0.717, 1.165) is 19.4 Å². The van der Waals surface area contributed by atoms with Crippen LogP contribution in [0.4, 0.5) is 0 Å². The highest BCUT2D eigenvalue weighted by atomic mass is 35.5. The van der Waals surface area contributed by atoms with Crippen LogP contribution in [0.3, 0.4) is 0 Å². The molecule has 0 fully saturated rings. The maximum atomic E-state index is 5.86. The summed E-state index contributed by atoms with van der Waals surface area (Å²) in [6.45, 7) is 9.82. The Hall–Kier alpha value is -0.530. The third kappa shape index (κ3) is 4.62. The van der Waals surface area contributed by atoms with E-state index < -0.39 is 0 Å². The molecule has 1 aromatic carbocycles. The highest BCUT2D eigenvalue weighted by Gasteiger charge is 2.19. The second-order valence-corrected chi connectivity index (χ2v) is 5.98. The number of hydrogen-bond acceptors (Lipinski definition) is 1. The molecule has 0 bridgehead atoms. The van der Waals surface area contributed by atoms with Gasteiger partial charge in [-0.15, -0.1) is 11.6 Å². The van der Waals surface area contributed by atoms with Crippen LogP contribution in [0.25, 0.3) is 0 Å². The van der Waals surface area contributed by atoms with Crippen LogP contribution in [0.2, 0.25) is 0 Å². The fraction of sp³-hybridized carbons (Fsp3) is 0.625. The van der Waals surface area contributed by atoms with Crippen LogP contribution in [0.5, 0.6) is 0 Å². The summed E-state index contributed by atoms with van der Waals surface area (Å²) in [6, 6.07) is 8.90. The summed E-state index contributed by atoms with van der Waals surface area (Å²) in [5.41, 5.74) is 2.89. The molecule has 1 nitrogen and oxygen atoms in total. The summed E-state index contributed by atoms with van der Waals surface area (Å²) >= 11 is 5.86. The molecular formula is C16H26ClN. The first-order valence-electron chi connectivity index (χ1n) is 6.90. The first-order valence-corrected chi connectivity index (χ1v) is 7.44. The van der Waals surface area contributed by atoms with Crippen LogP contribution >= 0.6 is 11.6 Å². The molecular weight excluding hydrogens is 242 g/mol. The number of nitrogens with one attached hydrogen (secondary N) is 1. The average Bonchev–Trinajstić information content (AvgIpc) is 2.37. The predicted molar refractivity (Wildman–Crippen MR) is 81.4 cm³/mol. The van der Waals surface area contributed by atoms with E-state index >= 15 is 0 Å². The lowest BCUT2D eigenvalue weighted by Crippen LogP contribution is -2.41. The maximum Gasteiger partial charge on any atom is 0.0240 e. The van der Waals surface area contributed by atoms with E-state index in [-0.39, 0.29) is 5.54 Å². The van der Waals surface area contributed by atoms with Crippen molar-refractivity contribution >= 4 is 11.6 Å². The van der Waals surface area contributed by atoms with Gasteiger partial charge in [0, 0.05) is 18.0 Å². The summed E-state index contributed by atoms with van der Waals surface area (Å²) < 4.78 is 0. The summed E-state index contributed by atoms with van der Waals surface area (Å²) in [5, 5.41) is 3.63. The van der Waals surface area contributed by atoms with E-state index in [1.165, 1.54) is 11.1 Å². The Morgan fingerprint density at radius 2 is 1.83 bits per heavy atom. The zero-order valence-corrected chi connectivity index (χ0v) is 12.8. The smallest absolute Gasteiger partial charge is 0.0240 e. The minimum Gasteiger partial charge on any atom is -0.307 e. The van der Waals surface area contributed by atoms with E-state index in [2.05, 4.69) is 57.3 Å². The lowest BCUT2D eigenvalue weighted by atomic mass is 9.95. The molecule has 0 radical (unpaired) electrons. The van der Waals surface area contributed by atoms with Crippen molar-refractivity contribution in [3.05, 3.63) is 35.4 Å². The Kier molecular flexibility index (Phi) is 6.17. The van der Waals surface area contributed by atoms with Gasteiger partial charge in [-0.25, -0.2) is 0 Å². The van der Waals surface area contributed by atoms with Crippen molar-refractivity contribution < 1.29 is 0 Å². The minimum atomic E-state index is 0.151. The van der Waals surface area contributed by atoms with Crippen LogP contribution < -0.4 is 5.32 Å². The van der Waals surface area contributed by atoms with Crippen LogP contribution in [-0.4, -0.2) is 11.4 Å². The van der Waals surface area contributed by atoms with Crippen molar-refractivity contribution in [1.82, 2.24) is 5.32 Å². The molecule has 0 saturated carbocycles. The fourth-order valence-corrected chi connectivity index (χ4v) is 2.35. The van der Waals surface area contributed by atoms with Crippen LogP contribution in [0, 0.1) is 0 Å². The van der Waals surface area contributed by atoms with Crippen LogP contribution in [0.1, 0.15) is 57.6 Å². The fourth-order valence-electron chi connectivity index (χ4n) is 1.93. The number of rotatable bonds is 7. The molecule has 0 amide bonds. The standard InChI is InChI=1S/C16H26ClN/c1-5-16(4,10-11-17)18-12-14-6-8-15(9-7-14)13(2)3/h6-9,13,18H,5,10-12H2,1-4H3. The molecule has 1 atom stereocenters. The van der Waals surface area contributed by atoms with Crippen molar-refractivity contribution in [2.75, 3.05) is 5.88 Å². The number of hydrogen-bond donors (Lipinski definition) is 1. The van der Waals surface area contributed by atoms with Crippen molar-refractivity contribution in [3.8, 4) is 0 Å². The van der Waals surface area contributed by atoms with Gasteiger partial charge in [-0.1, -0.05) is 45.0 Å². The molecule has 0 heterocycles. The third-order valence-corrected chi connectivity index (χ3v) is 3.98. The highest BCUT2D eigenvalue weighted by molar-refractivity contribution is 6.17. The molecule has 1 N–H and O–H groups in total. The van der Waals surface area contributed by atoms with E-state index in [1.807, 2.05) is 0 Å². The van der Waals surface area contributed by atoms with Crippen molar-refractivity contribution in [3.63, 3.8) is 0 Å². The zero-order chi connectivity index (χ0) is 13.6. The monoisotopic (exact) mass is 267 g/mol. The summed E-state index contributed by atoms with van der Waals surface area (Å²) in [5.74, 6) is 1.31. The van der Waals surface area contributed by atoms with E-state index in [0.29, 0.717) is 11.8 Å². The van der Waals surface area contributed by atoms with Gasteiger partial charge in [-0.2, -0.15) is 0 Å². The van der Waals surface area contributed by atoms with Crippen molar-refractivity contribution in [1.29, 1.82) is 0 Å². The summed E-state index contributed by atoms with van der Waals surface area (Å²) in [7, 11) is 0. The molecule has 0 saturated heterocycles. The molecule has 1 aromatic rings. The molecule has 1 unspecified atom stereocenters. The van der Waals surface area contributed by atoms with Gasteiger partial charge in [0.15, 0.2) is 0 Å². The Bertz CT molecular complexity index is 345. The Labute approximate surface area is 117 Å². The van der Waals surface area contributed by atoms with Gasteiger partial charge < -0.3 is 5.32 Å². The third-order valence-electron chi connectivity index (χ3n) is 3.79. The average molecular weight is 268 g/mol. The lowest BCUT2D eigenvalue weighted by Gasteiger charge is -2.29. The molecule has 2 heteroatoms. The summed E-state index contributed by atoms with van der Waals surface area (Å²) in [6.07, 6.45) is 2.11. The first kappa shape index (κ1) is 15.5. The Morgan fingerprint density at radius 3 is 2.28 bits per heavy atom. The van der Waals surface area contributed by atoms with Gasteiger partial charge in [0.25, 0.3) is 0 Å². The number of alkyl halides is 1. The molecule has 0 spiro atoms. The first-order chi connectivity index (χ1) is 8.50. The molecule has 0 aliphatic heterocycles. The van der Waals surface area contributed by atoms with Crippen molar-refractivity contribution in [2.24, 2.45) is 0 Å². The minimum absolute atomic E-state index is 0.151. The second kappa shape index (κ2) is 7.16. The van der Waals surface area contributed by atoms with Gasteiger partial charge >= 0.3 is 0 Å². The van der Waals surface area contributed by atoms with Crippen molar-refractivity contribution in [2.45, 2.75) is 58.5 Å². The topological polar surface area (TPSA) is 12.0 Å². The number of benzene rings is 1. The van der Waals surface area contributed by atoms with Gasteiger partial charge in [-0.3, -0.25) is 0 Å². The summed E-state index contributed by atoms with van der Waals surface area (Å²) in [4.78, 5) is 0. The molecule has 0 aliphatic rings. The Morgan fingerprint density at radius 1 is 1.22 bits per heavy atom. The van der Waals surface area contributed by atoms with Gasteiger partial charge in [0.05, 0.1) is 0 Å². The van der Waals surface area contributed by atoms with Gasteiger partial charge in [-0.05, 0) is 36.8 Å². The SMILES string of the molecule is CCC(C)(CCCl)NCc1ccc(C(C)C)cc1. The maximum absolute atomic E-state index is 5.86. The highest BCUT2D eigenvalue weighted by Crippen LogP contribution is 2.18. The van der Waals surface area contributed by atoms with E-state index in [1.54, 1.807) is 0 Å². The quantitative estimate of drug-likeness (QED) is 0.707. The molecule has 18 heavy (non-hydrogen) atoms. The lowest BCUT2D eigenvalue weighted by molar-refractivity contribution is 0.331. The largest absolute Gasteiger partial charge is 0.307 e. The predicted octanol–water partition coefficient (Wildman–Crippen LogP) is 4.70. The van der Waals surface area contributed by atoms with Gasteiger partial charge in [0.2, 0.25) is 0 Å². The van der Waals surface area contributed by atoms with E-state index in [4.69, 9.17) is 11.6 Å². The Balaban J connectivity index is 2.57. The molecule has 0 aromatic heterocycles. The van der Waals surface area contributed by atoms with E-state index in [9.17, 15) is 0 Å². The van der Waals surface area contributed by atoms with Gasteiger partial charge in [0.1, 0.15) is 0 Å². The molecule has 1 rings (SSSR count).